The van der Waals surface area contributed by atoms with Gasteiger partial charge in [0.25, 0.3) is 5.56 Å². The van der Waals surface area contributed by atoms with E-state index in [1.165, 1.54) is 23.2 Å². The summed E-state index contributed by atoms with van der Waals surface area (Å²) >= 11 is 0. The Morgan fingerprint density at radius 1 is 1.62 bits per heavy atom. The van der Waals surface area contributed by atoms with Gasteiger partial charge in [0.2, 0.25) is 5.91 Å². The van der Waals surface area contributed by atoms with Gasteiger partial charge in [-0.1, -0.05) is 0 Å². The van der Waals surface area contributed by atoms with Crippen molar-refractivity contribution in [2.24, 2.45) is 0 Å². The number of rotatable bonds is 4. The fourth-order valence-electron chi connectivity index (χ4n) is 1.76. The van der Waals surface area contributed by atoms with Crippen molar-refractivity contribution < 1.29 is 4.79 Å². The molecule has 0 bridgehead atoms. The van der Waals surface area contributed by atoms with Crippen molar-refractivity contribution >= 4 is 5.91 Å². The van der Waals surface area contributed by atoms with E-state index in [2.05, 4.69) is 4.98 Å². The average Bonchev–Trinajstić information content (AvgIpc) is 3.07. The van der Waals surface area contributed by atoms with Crippen molar-refractivity contribution in [2.45, 2.75) is 32.4 Å². The van der Waals surface area contributed by atoms with Gasteiger partial charge in [-0.15, -0.1) is 0 Å². The molecule has 0 aromatic carbocycles. The number of carbonyl (C=O) groups excluding carboxylic acids is 1. The summed E-state index contributed by atoms with van der Waals surface area (Å²) in [6.45, 7) is 2.76. The lowest BCUT2D eigenvalue weighted by atomic mass is 10.4. The second-order valence-corrected chi connectivity index (χ2v) is 3.96. The van der Waals surface area contributed by atoms with E-state index in [1.54, 1.807) is 0 Å². The van der Waals surface area contributed by atoms with E-state index in [-0.39, 0.29) is 18.0 Å². The minimum absolute atomic E-state index is 0.0000926. The summed E-state index contributed by atoms with van der Waals surface area (Å²) in [5.41, 5.74) is -0.185. The lowest BCUT2D eigenvalue weighted by Crippen LogP contribution is -2.37. The molecule has 0 saturated heterocycles. The predicted octanol–water partition coefficient (Wildman–Crippen LogP) is 0.254. The minimum Gasteiger partial charge on any atom is -0.338 e. The van der Waals surface area contributed by atoms with Crippen LogP contribution in [0.25, 0.3) is 0 Å². The topological polar surface area (TPSA) is 55.2 Å². The maximum absolute atomic E-state index is 11.9. The van der Waals surface area contributed by atoms with Gasteiger partial charge >= 0.3 is 0 Å². The molecule has 86 valence electrons. The van der Waals surface area contributed by atoms with Crippen LogP contribution in [-0.4, -0.2) is 32.9 Å². The molecular weight excluding hydrogens is 206 g/mol. The molecule has 0 atom stereocenters. The first kappa shape index (κ1) is 10.9. The minimum atomic E-state index is -0.185. The normalized spacial score (nSPS) is 14.8. The summed E-state index contributed by atoms with van der Waals surface area (Å²) in [6, 6.07) is 1.76. The number of hydrogen-bond acceptors (Lipinski definition) is 3. The number of carbonyl (C=O) groups is 1. The van der Waals surface area contributed by atoms with Crippen molar-refractivity contribution in [1.29, 1.82) is 0 Å². The molecule has 5 nitrogen and oxygen atoms in total. The highest BCUT2D eigenvalue weighted by Gasteiger charge is 2.31. The number of likely N-dealkylation sites (N-methyl/N-ethyl adjacent to an activating group) is 1. The molecule has 0 N–H and O–H groups in total. The molecule has 1 amide bonds. The maximum atomic E-state index is 11.9. The van der Waals surface area contributed by atoms with Crippen LogP contribution in [0.15, 0.2) is 23.4 Å². The molecule has 1 saturated carbocycles. The first-order valence-corrected chi connectivity index (χ1v) is 5.52. The van der Waals surface area contributed by atoms with Gasteiger partial charge in [-0.05, 0) is 19.8 Å². The average molecular weight is 221 g/mol. The highest BCUT2D eigenvalue weighted by Crippen LogP contribution is 2.26. The fraction of sp³-hybridized carbons (Fsp3) is 0.545. The number of amides is 1. The lowest BCUT2D eigenvalue weighted by molar-refractivity contribution is -0.132. The molecule has 5 heteroatoms. The predicted molar refractivity (Wildman–Crippen MR) is 58.9 cm³/mol. The Hall–Kier alpha value is -1.65. The Morgan fingerprint density at radius 3 is 2.94 bits per heavy atom. The number of aromatic nitrogens is 2. The van der Waals surface area contributed by atoms with Crippen molar-refractivity contribution in [3.63, 3.8) is 0 Å². The van der Waals surface area contributed by atoms with Crippen LogP contribution < -0.4 is 5.56 Å². The third-order valence-electron chi connectivity index (χ3n) is 2.75. The van der Waals surface area contributed by atoms with Crippen LogP contribution >= 0.6 is 0 Å². The number of nitrogens with zero attached hydrogens (tertiary/aromatic N) is 3. The molecule has 1 aliphatic carbocycles. The Kier molecular flexibility index (Phi) is 3.03. The van der Waals surface area contributed by atoms with Crippen LogP contribution in [0.3, 0.4) is 0 Å². The zero-order valence-corrected chi connectivity index (χ0v) is 9.30. The van der Waals surface area contributed by atoms with Crippen LogP contribution in [0.1, 0.15) is 19.8 Å². The van der Waals surface area contributed by atoms with Crippen LogP contribution in [0.4, 0.5) is 0 Å². The highest BCUT2D eigenvalue weighted by atomic mass is 16.2. The Morgan fingerprint density at radius 2 is 2.38 bits per heavy atom. The second-order valence-electron chi connectivity index (χ2n) is 3.96. The van der Waals surface area contributed by atoms with E-state index in [9.17, 15) is 9.59 Å². The smallest absolute Gasteiger partial charge is 0.253 e. The Balaban J connectivity index is 2.06. The molecule has 1 aliphatic rings. The fourth-order valence-corrected chi connectivity index (χ4v) is 1.76. The van der Waals surface area contributed by atoms with Crippen molar-refractivity contribution in [3.8, 4) is 0 Å². The molecule has 0 spiro atoms. The summed E-state index contributed by atoms with van der Waals surface area (Å²) in [6.07, 6.45) is 5.01. The second kappa shape index (κ2) is 4.47. The van der Waals surface area contributed by atoms with Crippen molar-refractivity contribution in [2.75, 3.05) is 6.54 Å². The van der Waals surface area contributed by atoms with E-state index in [0.717, 1.165) is 12.8 Å². The molecule has 1 heterocycles. The van der Waals surface area contributed by atoms with Gasteiger partial charge in [0.05, 0.1) is 6.33 Å². The van der Waals surface area contributed by atoms with Crippen molar-refractivity contribution in [3.05, 3.63) is 28.9 Å². The van der Waals surface area contributed by atoms with E-state index in [4.69, 9.17) is 0 Å². The molecule has 2 rings (SSSR count). The van der Waals surface area contributed by atoms with Gasteiger partial charge in [-0.25, -0.2) is 4.98 Å². The Labute approximate surface area is 93.7 Å². The zero-order valence-electron chi connectivity index (χ0n) is 9.30. The third-order valence-corrected chi connectivity index (χ3v) is 2.75. The zero-order chi connectivity index (χ0) is 11.5. The Bertz CT molecular complexity index is 437. The van der Waals surface area contributed by atoms with E-state index >= 15 is 0 Å². The van der Waals surface area contributed by atoms with Crippen LogP contribution in [0.2, 0.25) is 0 Å². The molecule has 1 aromatic rings. The van der Waals surface area contributed by atoms with Crippen molar-refractivity contribution in [1.82, 2.24) is 14.5 Å². The molecule has 16 heavy (non-hydrogen) atoms. The first-order valence-electron chi connectivity index (χ1n) is 5.52. The van der Waals surface area contributed by atoms with Gasteiger partial charge in [0.1, 0.15) is 6.54 Å². The van der Waals surface area contributed by atoms with Gasteiger partial charge in [0, 0.05) is 24.8 Å². The molecule has 0 unspecified atom stereocenters. The molecule has 1 aromatic heterocycles. The number of hydrogen-bond donors (Lipinski definition) is 0. The SMILES string of the molecule is CCN(C(=O)Cn1cnccc1=O)C1CC1. The third kappa shape index (κ3) is 2.29. The van der Waals surface area contributed by atoms with E-state index in [1.807, 2.05) is 11.8 Å². The van der Waals surface area contributed by atoms with E-state index in [0.29, 0.717) is 12.6 Å². The van der Waals surface area contributed by atoms with E-state index < -0.39 is 0 Å². The summed E-state index contributed by atoms with van der Waals surface area (Å²) in [7, 11) is 0. The summed E-state index contributed by atoms with van der Waals surface area (Å²) in [5.74, 6) is 0.0000926. The largest absolute Gasteiger partial charge is 0.338 e. The molecule has 0 aliphatic heterocycles. The highest BCUT2D eigenvalue weighted by molar-refractivity contribution is 5.76. The van der Waals surface area contributed by atoms with Crippen LogP contribution in [0.5, 0.6) is 0 Å². The van der Waals surface area contributed by atoms with Crippen LogP contribution in [0, 0.1) is 0 Å². The quantitative estimate of drug-likeness (QED) is 0.732. The molecule has 0 radical (unpaired) electrons. The van der Waals surface area contributed by atoms with Gasteiger partial charge in [0.15, 0.2) is 0 Å². The maximum Gasteiger partial charge on any atom is 0.253 e. The standard InChI is InChI=1S/C11H15N3O2/c1-2-14(9-3-4-9)11(16)7-13-8-12-6-5-10(13)15/h5-6,8-9H,2-4,7H2,1H3. The lowest BCUT2D eigenvalue weighted by Gasteiger charge is -2.20. The summed E-state index contributed by atoms with van der Waals surface area (Å²) < 4.78 is 1.34. The van der Waals surface area contributed by atoms with Gasteiger partial charge in [-0.2, -0.15) is 0 Å². The molecule has 1 fully saturated rings. The first-order chi connectivity index (χ1) is 7.72. The van der Waals surface area contributed by atoms with Gasteiger partial charge in [-0.3, -0.25) is 14.2 Å². The summed E-state index contributed by atoms with van der Waals surface area (Å²) in [4.78, 5) is 29.0. The monoisotopic (exact) mass is 221 g/mol. The van der Waals surface area contributed by atoms with Crippen LogP contribution in [-0.2, 0) is 11.3 Å². The van der Waals surface area contributed by atoms with Gasteiger partial charge < -0.3 is 4.90 Å². The summed E-state index contributed by atoms with van der Waals surface area (Å²) in [5, 5.41) is 0. The molecular formula is C11H15N3O2.